The van der Waals surface area contributed by atoms with Crippen LogP contribution in [0.1, 0.15) is 172 Å². The lowest BCUT2D eigenvalue weighted by Gasteiger charge is -2.31. The van der Waals surface area contributed by atoms with Gasteiger partial charge in [-0.15, -0.1) is 0 Å². The van der Waals surface area contributed by atoms with Gasteiger partial charge in [0.1, 0.15) is 66.5 Å². The van der Waals surface area contributed by atoms with Crippen molar-refractivity contribution in [2.75, 3.05) is 32.7 Å². The van der Waals surface area contributed by atoms with Crippen LogP contribution in [0.5, 0.6) is 0 Å². The molecule has 1 aromatic heterocycles. The minimum absolute atomic E-state index is 0.00660. The van der Waals surface area contributed by atoms with Crippen LogP contribution in [0.25, 0.3) is 10.9 Å². The zero-order chi connectivity index (χ0) is 86.9. The third kappa shape index (κ3) is 37.0. The summed E-state index contributed by atoms with van der Waals surface area (Å²) in [6, 6.07) is -8.63. The SMILES string of the molecule is CC[C@H](C)[C@H](NC(=O)[C@H](CCCN=C(N)N)NC(=O)[C@@H](NC(=O)[C@H](CCCN=C(N)N)NC(=O)[C@@H](NC(=O)[C@@H](NC(=O)[C@H](CC(C)C)NC(=O)[C@H](CCCN=C(N)N)NC(=O)[C@@H](N)C(C)C)[C@@H](C)CC)C(C)C)C(C)C)C(=O)N[C@@H](Cc1c[nH]c2ccccc12)C(=O)N[C@@H](CCCN=C(N)N)C(=O)N[C@@H](CCCN=C(N)N)C(N)=O. The monoisotopic (exact) mass is 1620 g/mol. The molecule has 0 aliphatic heterocycles. The maximum Gasteiger partial charge on any atom is 0.243 e. The van der Waals surface area contributed by atoms with Crippen molar-refractivity contribution in [3.8, 4) is 0 Å². The lowest BCUT2D eigenvalue weighted by atomic mass is 9.95. The number of nitrogens with zero attached hydrogens (tertiary/aromatic N) is 5. The molecule has 0 aliphatic carbocycles. The maximum absolute atomic E-state index is 15.1. The molecule has 14 atom stereocenters. The van der Waals surface area contributed by atoms with Crippen molar-refractivity contribution >= 4 is 112 Å². The van der Waals surface area contributed by atoms with Crippen LogP contribution in [0.3, 0.4) is 0 Å². The fourth-order valence-corrected chi connectivity index (χ4v) is 12.0. The normalized spacial score (nSPS) is 14.9. The van der Waals surface area contributed by atoms with E-state index in [1.807, 2.05) is 19.9 Å². The van der Waals surface area contributed by atoms with E-state index in [1.165, 1.54) is 0 Å². The number of hydrogen-bond acceptors (Lipinski definition) is 18. The number of nitrogens with one attached hydrogen (secondary N) is 12. The molecule has 0 aliphatic rings. The lowest BCUT2D eigenvalue weighted by Crippen LogP contribution is -2.62. The molecule has 0 fully saturated rings. The summed E-state index contributed by atoms with van der Waals surface area (Å²) < 4.78 is 0. The van der Waals surface area contributed by atoms with Crippen molar-refractivity contribution < 1.29 is 57.5 Å². The predicted molar refractivity (Wildman–Crippen MR) is 443 cm³/mol. The molecule has 2 aromatic rings. The second-order valence-corrected chi connectivity index (χ2v) is 30.2. The molecular weight excluding hydrogens is 1490 g/mol. The Hall–Kier alpha value is -11.3. The first-order chi connectivity index (χ1) is 54.0. The van der Waals surface area contributed by atoms with Gasteiger partial charge in [0, 0.05) is 56.2 Å². The predicted octanol–water partition coefficient (Wildman–Crippen LogP) is -4.77. The van der Waals surface area contributed by atoms with Gasteiger partial charge in [-0.2, -0.15) is 0 Å². The second-order valence-electron chi connectivity index (χ2n) is 30.2. The van der Waals surface area contributed by atoms with Crippen LogP contribution >= 0.6 is 0 Å². The average Bonchev–Trinajstić information content (AvgIpc) is 1.73. The number of nitrogens with two attached hydrogens (primary N) is 12. The van der Waals surface area contributed by atoms with E-state index in [0.717, 1.165) is 0 Å². The summed E-state index contributed by atoms with van der Waals surface area (Å²) in [5.41, 5.74) is 68.9. The summed E-state index contributed by atoms with van der Waals surface area (Å²) in [6.45, 7) is 20.9. The van der Waals surface area contributed by atoms with E-state index in [0.29, 0.717) is 22.9 Å². The van der Waals surface area contributed by atoms with E-state index in [-0.39, 0.29) is 158 Å². The fraction of sp³-hybridized carbons (Fsp3) is 0.662. The van der Waals surface area contributed by atoms with E-state index in [4.69, 9.17) is 68.8 Å². The van der Waals surface area contributed by atoms with Crippen molar-refractivity contribution in [2.24, 2.45) is 129 Å². The molecular formula is C74H133N29O12. The van der Waals surface area contributed by atoms with E-state index < -0.39 is 167 Å². The minimum atomic E-state index is -1.47. The fourth-order valence-electron chi connectivity index (χ4n) is 12.0. The number of para-hydroxylation sites is 1. The molecule has 41 heteroatoms. The molecule has 0 spiro atoms. The zero-order valence-corrected chi connectivity index (χ0v) is 68.8. The molecule has 0 radical (unpaired) electrons. The highest BCUT2D eigenvalue weighted by Gasteiger charge is 2.40. The molecule has 12 amide bonds. The first kappa shape index (κ1) is 99.8. The summed E-state index contributed by atoms with van der Waals surface area (Å²) in [5, 5.41) is 30.9. The maximum atomic E-state index is 15.1. The van der Waals surface area contributed by atoms with Crippen molar-refractivity contribution in [1.82, 2.24) is 63.5 Å². The number of rotatable bonds is 54. The van der Waals surface area contributed by atoms with Gasteiger partial charge in [0.15, 0.2) is 29.8 Å². The standard InChI is InChI=1S/C74H133N29O12/c1-13-41(11)56(68(114)99-52(35-43-36-92-45-23-16-15-22-44(43)45)63(109)94-47(25-18-30-88-71(79)80)59(105)93-46(58(76)104)24-17-29-87-70(77)78)102-62(108)50(28-21-33-91-74(85)86)97-66(112)54(39(7)8)100-61(107)49(27-20-32-90-73(83)84)96-67(113)55(40(9)10)101-69(115)57(42(12)14-2)103-64(110)51(34-37(3)4)98-60(106)48(26-19-31-89-72(81)82)95-65(111)53(75)38(5)6/h15-16,22-23,36-42,46-57,92H,13-14,17-21,24-35,75H2,1-12H3,(H2,76,104)(H,93,105)(H,94,109)(H,95,111)(H,96,113)(H,97,112)(H,98,106)(H,99,114)(H,100,107)(H,101,115)(H,102,108)(H,103,110)(H4,77,78,87)(H4,79,80,88)(H4,81,82,89)(H4,83,84,90)(H4,85,86,91)/t41-,42-,46-,47-,48-,49-,50-,51-,52-,53-,54-,55-,56-,57-/m0/s1. The molecule has 0 saturated heterocycles. The van der Waals surface area contributed by atoms with Gasteiger partial charge in [0.05, 0.1) is 6.04 Å². The van der Waals surface area contributed by atoms with Crippen LogP contribution in [0.4, 0.5) is 0 Å². The molecule has 2 rings (SSSR count). The molecule has 1 heterocycles. The summed E-state index contributed by atoms with van der Waals surface area (Å²) in [4.78, 5) is 196. The summed E-state index contributed by atoms with van der Waals surface area (Å²) >= 11 is 0. The van der Waals surface area contributed by atoms with Gasteiger partial charge in [0.25, 0.3) is 0 Å². The summed E-state index contributed by atoms with van der Waals surface area (Å²) in [5.74, 6) is -13.8. The molecule has 115 heavy (non-hydrogen) atoms. The van der Waals surface area contributed by atoms with Crippen LogP contribution < -0.4 is 127 Å². The number of carbonyl (C=O) groups excluding carboxylic acids is 12. The number of aromatic nitrogens is 1. The van der Waals surface area contributed by atoms with Crippen molar-refractivity contribution in [2.45, 2.75) is 245 Å². The number of H-pyrrole nitrogens is 1. The van der Waals surface area contributed by atoms with Crippen molar-refractivity contribution in [3.63, 3.8) is 0 Å². The third-order valence-corrected chi connectivity index (χ3v) is 19.1. The van der Waals surface area contributed by atoms with Gasteiger partial charge < -0.3 is 132 Å². The van der Waals surface area contributed by atoms with Crippen LogP contribution in [0.2, 0.25) is 0 Å². The van der Waals surface area contributed by atoms with Crippen molar-refractivity contribution in [1.29, 1.82) is 0 Å². The number of aliphatic imine (C=N–C) groups is 5. The van der Waals surface area contributed by atoms with E-state index in [9.17, 15) is 52.7 Å². The van der Waals surface area contributed by atoms with Crippen LogP contribution in [0.15, 0.2) is 55.4 Å². The van der Waals surface area contributed by atoms with Gasteiger partial charge in [-0.3, -0.25) is 82.5 Å². The Balaban J connectivity index is 2.66. The van der Waals surface area contributed by atoms with E-state index in [2.05, 4.69) is 88.4 Å². The number of aromatic amines is 1. The number of carbonyl (C=O) groups is 12. The molecule has 1 aromatic carbocycles. The molecule has 0 saturated carbocycles. The quantitative estimate of drug-likeness (QED) is 0.0168. The highest BCUT2D eigenvalue weighted by molar-refractivity contribution is 6.00. The Kier molecular flexibility index (Phi) is 44.6. The smallest absolute Gasteiger partial charge is 0.243 e. The van der Waals surface area contributed by atoms with Crippen LogP contribution in [-0.4, -0.2) is 211 Å². The molecule has 646 valence electrons. The third-order valence-electron chi connectivity index (χ3n) is 19.1. The largest absolute Gasteiger partial charge is 0.370 e. The zero-order valence-electron chi connectivity index (χ0n) is 68.8. The Morgan fingerprint density at radius 3 is 0.991 bits per heavy atom. The van der Waals surface area contributed by atoms with Crippen LogP contribution in [0, 0.1) is 35.5 Å². The molecule has 41 nitrogen and oxygen atoms in total. The molecule has 0 bridgehead atoms. The summed E-state index contributed by atoms with van der Waals surface area (Å²) in [7, 11) is 0. The highest BCUT2D eigenvalue weighted by atomic mass is 16.2. The molecule has 0 unspecified atom stereocenters. The van der Waals surface area contributed by atoms with Crippen LogP contribution in [-0.2, 0) is 64.0 Å². The Morgan fingerprint density at radius 2 is 0.635 bits per heavy atom. The van der Waals surface area contributed by atoms with Crippen molar-refractivity contribution in [3.05, 3.63) is 36.0 Å². The van der Waals surface area contributed by atoms with Gasteiger partial charge in [-0.05, 0) is 118 Å². The number of benzene rings is 1. The first-order valence-corrected chi connectivity index (χ1v) is 39.2. The number of primary amides is 1. The lowest BCUT2D eigenvalue weighted by molar-refractivity contribution is -0.137. The highest BCUT2D eigenvalue weighted by Crippen LogP contribution is 2.22. The van der Waals surface area contributed by atoms with Gasteiger partial charge in [-0.25, -0.2) is 0 Å². The summed E-state index contributed by atoms with van der Waals surface area (Å²) in [6.07, 6.45) is 2.79. The Labute approximate surface area is 673 Å². The first-order valence-electron chi connectivity index (χ1n) is 39.2. The second kappa shape index (κ2) is 51.4. The molecule has 36 N–H and O–H groups in total. The average molecular weight is 1620 g/mol. The topological polar surface area (TPSA) is 727 Å². The van der Waals surface area contributed by atoms with E-state index >= 15 is 4.79 Å². The Bertz CT molecular complexity index is 3650. The number of fused-ring (bicyclic) bond motifs is 1. The van der Waals surface area contributed by atoms with Gasteiger partial charge in [0.2, 0.25) is 70.9 Å². The van der Waals surface area contributed by atoms with E-state index in [1.54, 1.807) is 93.6 Å². The van der Waals surface area contributed by atoms with Gasteiger partial charge >= 0.3 is 0 Å². The number of guanidine groups is 5. The number of hydrogen-bond donors (Lipinski definition) is 24. The minimum Gasteiger partial charge on any atom is -0.370 e. The number of amides is 12. The Morgan fingerprint density at radius 1 is 0.348 bits per heavy atom. The van der Waals surface area contributed by atoms with Gasteiger partial charge in [-0.1, -0.05) is 114 Å².